The van der Waals surface area contributed by atoms with Gasteiger partial charge in [-0.15, -0.1) is 0 Å². The van der Waals surface area contributed by atoms with E-state index in [1.54, 1.807) is 12.1 Å². The van der Waals surface area contributed by atoms with E-state index in [-0.39, 0.29) is 6.04 Å². The standard InChI is InChI=1S/C23H24N6O2/c1-15(2)29-22(17-10-8-16(9-11-17)20(24)30)28-19-21(26-14-27-23(19)29)25-12-13-31-18-6-4-3-5-7-18/h3-11,14-15H,12-13H2,1-2H3,(H2,24,30)(H,25,26,27). The number of aromatic nitrogens is 4. The van der Waals surface area contributed by atoms with Gasteiger partial charge in [0.25, 0.3) is 0 Å². The zero-order valence-corrected chi connectivity index (χ0v) is 17.4. The van der Waals surface area contributed by atoms with Crippen LogP contribution in [-0.4, -0.2) is 38.6 Å². The molecular weight excluding hydrogens is 392 g/mol. The fourth-order valence-corrected chi connectivity index (χ4v) is 3.37. The number of fused-ring (bicyclic) bond motifs is 1. The van der Waals surface area contributed by atoms with Crippen molar-refractivity contribution in [2.75, 3.05) is 18.5 Å². The van der Waals surface area contributed by atoms with E-state index in [4.69, 9.17) is 15.5 Å². The summed E-state index contributed by atoms with van der Waals surface area (Å²) in [4.78, 5) is 25.1. The predicted molar refractivity (Wildman–Crippen MR) is 120 cm³/mol. The summed E-state index contributed by atoms with van der Waals surface area (Å²) in [6.45, 7) is 5.21. The lowest BCUT2D eigenvalue weighted by Crippen LogP contribution is -2.13. The minimum atomic E-state index is -0.459. The van der Waals surface area contributed by atoms with Crippen LogP contribution < -0.4 is 15.8 Å². The van der Waals surface area contributed by atoms with Gasteiger partial charge < -0.3 is 20.4 Å². The molecule has 0 bridgehead atoms. The Labute approximate surface area is 180 Å². The second-order valence-corrected chi connectivity index (χ2v) is 7.32. The number of carbonyl (C=O) groups is 1. The van der Waals surface area contributed by atoms with E-state index in [1.807, 2.05) is 42.5 Å². The van der Waals surface area contributed by atoms with Crippen LogP contribution in [0, 0.1) is 0 Å². The molecule has 4 aromatic rings. The van der Waals surface area contributed by atoms with Gasteiger partial charge in [0, 0.05) is 17.2 Å². The van der Waals surface area contributed by atoms with Crippen molar-refractivity contribution in [1.29, 1.82) is 0 Å². The van der Waals surface area contributed by atoms with Gasteiger partial charge in [-0.2, -0.15) is 0 Å². The van der Waals surface area contributed by atoms with E-state index in [2.05, 4.69) is 33.7 Å². The van der Waals surface area contributed by atoms with Crippen LogP contribution in [0.4, 0.5) is 5.82 Å². The summed E-state index contributed by atoms with van der Waals surface area (Å²) < 4.78 is 7.79. The smallest absolute Gasteiger partial charge is 0.248 e. The molecule has 158 valence electrons. The van der Waals surface area contributed by atoms with Gasteiger partial charge >= 0.3 is 0 Å². The van der Waals surface area contributed by atoms with Crippen LogP contribution in [-0.2, 0) is 0 Å². The van der Waals surface area contributed by atoms with Crippen molar-refractivity contribution in [1.82, 2.24) is 19.5 Å². The monoisotopic (exact) mass is 416 g/mol. The Balaban J connectivity index is 1.61. The molecule has 8 heteroatoms. The average Bonchev–Trinajstić information content (AvgIpc) is 3.18. The molecule has 0 saturated carbocycles. The Bertz CT molecular complexity index is 1190. The molecule has 2 aromatic carbocycles. The fraction of sp³-hybridized carbons (Fsp3) is 0.217. The molecule has 1 amide bonds. The van der Waals surface area contributed by atoms with Gasteiger partial charge in [0.1, 0.15) is 24.5 Å². The van der Waals surface area contributed by atoms with Crippen LogP contribution >= 0.6 is 0 Å². The van der Waals surface area contributed by atoms with Crippen LogP contribution in [0.1, 0.15) is 30.2 Å². The van der Waals surface area contributed by atoms with Gasteiger partial charge in [-0.1, -0.05) is 30.3 Å². The van der Waals surface area contributed by atoms with E-state index in [9.17, 15) is 4.79 Å². The third kappa shape index (κ3) is 4.32. The van der Waals surface area contributed by atoms with Gasteiger partial charge in [-0.25, -0.2) is 15.0 Å². The summed E-state index contributed by atoms with van der Waals surface area (Å²) in [5.41, 5.74) is 8.11. The average molecular weight is 416 g/mol. The van der Waals surface area contributed by atoms with Crippen LogP contribution in [0.25, 0.3) is 22.6 Å². The number of anilines is 1. The van der Waals surface area contributed by atoms with Gasteiger partial charge in [-0.05, 0) is 38.1 Å². The number of imidazole rings is 1. The maximum Gasteiger partial charge on any atom is 0.248 e. The minimum Gasteiger partial charge on any atom is -0.492 e. The molecule has 2 aromatic heterocycles. The number of para-hydroxylation sites is 1. The molecule has 8 nitrogen and oxygen atoms in total. The lowest BCUT2D eigenvalue weighted by molar-refractivity contribution is 0.100. The summed E-state index contributed by atoms with van der Waals surface area (Å²) in [7, 11) is 0. The summed E-state index contributed by atoms with van der Waals surface area (Å²) >= 11 is 0. The maximum absolute atomic E-state index is 11.4. The van der Waals surface area contributed by atoms with E-state index in [1.165, 1.54) is 6.33 Å². The number of rotatable bonds is 8. The Morgan fingerprint density at radius 3 is 2.52 bits per heavy atom. The number of benzene rings is 2. The van der Waals surface area contributed by atoms with Crippen LogP contribution in [0.5, 0.6) is 5.75 Å². The molecule has 0 aliphatic heterocycles. The summed E-state index contributed by atoms with van der Waals surface area (Å²) in [5.74, 6) is 1.77. The minimum absolute atomic E-state index is 0.125. The Hall–Kier alpha value is -3.94. The number of nitrogens with one attached hydrogen (secondary N) is 1. The molecule has 0 saturated heterocycles. The van der Waals surface area contributed by atoms with E-state index in [0.29, 0.717) is 30.0 Å². The number of carbonyl (C=O) groups excluding carboxylic acids is 1. The zero-order chi connectivity index (χ0) is 21.8. The van der Waals surface area contributed by atoms with Crippen molar-refractivity contribution < 1.29 is 9.53 Å². The molecule has 3 N–H and O–H groups in total. The molecule has 0 spiro atoms. The first kappa shape index (κ1) is 20.3. The normalized spacial score (nSPS) is 11.1. The van der Waals surface area contributed by atoms with Gasteiger partial charge in [0.15, 0.2) is 17.0 Å². The molecule has 4 rings (SSSR count). The number of hydrogen-bond donors (Lipinski definition) is 2. The first-order valence-electron chi connectivity index (χ1n) is 10.1. The lowest BCUT2D eigenvalue weighted by atomic mass is 10.1. The van der Waals surface area contributed by atoms with E-state index >= 15 is 0 Å². The third-order valence-corrected chi connectivity index (χ3v) is 4.83. The van der Waals surface area contributed by atoms with Crippen molar-refractivity contribution in [2.24, 2.45) is 5.73 Å². The molecule has 0 aliphatic rings. The van der Waals surface area contributed by atoms with Gasteiger partial charge in [-0.3, -0.25) is 4.79 Å². The molecule has 31 heavy (non-hydrogen) atoms. The Morgan fingerprint density at radius 1 is 1.10 bits per heavy atom. The van der Waals surface area contributed by atoms with Crippen molar-refractivity contribution in [3.8, 4) is 17.1 Å². The molecule has 0 unspecified atom stereocenters. The number of ether oxygens (including phenoxy) is 1. The summed E-state index contributed by atoms with van der Waals surface area (Å²) in [5, 5.41) is 3.30. The Kier molecular flexibility index (Phi) is 5.79. The first-order valence-corrected chi connectivity index (χ1v) is 10.1. The summed E-state index contributed by atoms with van der Waals surface area (Å²) in [6.07, 6.45) is 1.53. The predicted octanol–water partition coefficient (Wildman–Crippen LogP) is 3.66. The van der Waals surface area contributed by atoms with E-state index in [0.717, 1.165) is 22.8 Å². The third-order valence-electron chi connectivity index (χ3n) is 4.83. The largest absolute Gasteiger partial charge is 0.492 e. The molecule has 0 atom stereocenters. The second-order valence-electron chi connectivity index (χ2n) is 7.32. The Morgan fingerprint density at radius 2 is 1.84 bits per heavy atom. The molecule has 0 radical (unpaired) electrons. The van der Waals surface area contributed by atoms with Crippen molar-refractivity contribution in [3.63, 3.8) is 0 Å². The molecular formula is C23H24N6O2. The number of primary amides is 1. The number of nitrogens with two attached hydrogens (primary N) is 1. The highest BCUT2D eigenvalue weighted by Gasteiger charge is 2.19. The van der Waals surface area contributed by atoms with E-state index < -0.39 is 5.91 Å². The highest BCUT2D eigenvalue weighted by Crippen LogP contribution is 2.30. The van der Waals surface area contributed by atoms with Crippen LogP contribution in [0.15, 0.2) is 60.9 Å². The highest BCUT2D eigenvalue weighted by atomic mass is 16.5. The first-order chi connectivity index (χ1) is 15.0. The maximum atomic E-state index is 11.4. The number of hydrogen-bond acceptors (Lipinski definition) is 6. The van der Waals surface area contributed by atoms with Gasteiger partial charge in [0.05, 0.1) is 6.54 Å². The van der Waals surface area contributed by atoms with Crippen molar-refractivity contribution in [2.45, 2.75) is 19.9 Å². The van der Waals surface area contributed by atoms with Crippen LogP contribution in [0.2, 0.25) is 0 Å². The van der Waals surface area contributed by atoms with Gasteiger partial charge in [0.2, 0.25) is 5.91 Å². The lowest BCUT2D eigenvalue weighted by Gasteiger charge is -2.12. The summed E-state index contributed by atoms with van der Waals surface area (Å²) in [6, 6.07) is 16.9. The topological polar surface area (TPSA) is 108 Å². The molecule has 2 heterocycles. The zero-order valence-electron chi connectivity index (χ0n) is 17.4. The fourth-order valence-electron chi connectivity index (χ4n) is 3.37. The second kappa shape index (κ2) is 8.83. The quantitative estimate of drug-likeness (QED) is 0.424. The van der Waals surface area contributed by atoms with Crippen molar-refractivity contribution in [3.05, 3.63) is 66.5 Å². The van der Waals surface area contributed by atoms with Crippen LogP contribution in [0.3, 0.4) is 0 Å². The molecule has 0 aliphatic carbocycles. The van der Waals surface area contributed by atoms with Crippen molar-refractivity contribution >= 4 is 22.9 Å². The highest BCUT2D eigenvalue weighted by molar-refractivity contribution is 5.93. The number of amides is 1. The SMILES string of the molecule is CC(C)n1c(-c2ccc(C(N)=O)cc2)nc2c(NCCOc3ccccc3)ncnc21. The molecule has 0 fully saturated rings. The number of nitrogens with zero attached hydrogens (tertiary/aromatic N) is 4.